The molecular weight excluding hydrogens is 274 g/mol. The molecule has 0 aliphatic heterocycles. The Hall–Kier alpha value is -2.20. The summed E-state index contributed by atoms with van der Waals surface area (Å²) in [4.78, 5) is 11.9. The van der Waals surface area contributed by atoms with Gasteiger partial charge in [0.1, 0.15) is 0 Å². The summed E-state index contributed by atoms with van der Waals surface area (Å²) >= 11 is 6.01. The number of anilines is 3. The highest BCUT2D eigenvalue weighted by atomic mass is 35.5. The van der Waals surface area contributed by atoms with Gasteiger partial charge in [-0.15, -0.1) is 0 Å². The van der Waals surface area contributed by atoms with Crippen LogP contribution in [0.5, 0.6) is 0 Å². The Morgan fingerprint density at radius 2 is 1.80 bits per heavy atom. The molecule has 0 heterocycles. The molecule has 0 saturated heterocycles. The van der Waals surface area contributed by atoms with Gasteiger partial charge in [-0.2, -0.15) is 0 Å². The predicted octanol–water partition coefficient (Wildman–Crippen LogP) is 4.18. The quantitative estimate of drug-likeness (QED) is 0.726. The van der Waals surface area contributed by atoms with Gasteiger partial charge in [-0.05, 0) is 55.3 Å². The molecule has 2 aromatic carbocycles. The van der Waals surface area contributed by atoms with Gasteiger partial charge in [-0.3, -0.25) is 0 Å². The molecule has 104 valence electrons. The Kier molecular flexibility index (Phi) is 4.15. The highest BCUT2D eigenvalue weighted by Gasteiger charge is 2.06. The molecule has 0 unspecified atom stereocenters. The number of hydrogen-bond acceptors (Lipinski definition) is 2. The minimum Gasteiger partial charge on any atom is -0.399 e. The van der Waals surface area contributed by atoms with Crippen LogP contribution in [-0.4, -0.2) is 6.03 Å². The van der Waals surface area contributed by atoms with Gasteiger partial charge in [0.2, 0.25) is 0 Å². The number of aryl methyl sites for hydroxylation is 2. The molecule has 0 spiro atoms. The molecule has 0 aliphatic carbocycles. The smallest absolute Gasteiger partial charge is 0.323 e. The third kappa shape index (κ3) is 3.42. The maximum absolute atomic E-state index is 11.9. The zero-order valence-electron chi connectivity index (χ0n) is 11.3. The van der Waals surface area contributed by atoms with Gasteiger partial charge in [-0.25, -0.2) is 4.79 Å². The van der Waals surface area contributed by atoms with E-state index in [4.69, 9.17) is 17.3 Å². The van der Waals surface area contributed by atoms with Gasteiger partial charge in [0.15, 0.2) is 0 Å². The fraction of sp³-hybridized carbons (Fsp3) is 0.133. The van der Waals surface area contributed by atoms with E-state index in [2.05, 4.69) is 10.6 Å². The van der Waals surface area contributed by atoms with Gasteiger partial charge in [-0.1, -0.05) is 17.7 Å². The van der Waals surface area contributed by atoms with Gasteiger partial charge in [0.05, 0.1) is 0 Å². The van der Waals surface area contributed by atoms with Crippen molar-refractivity contribution in [1.29, 1.82) is 0 Å². The summed E-state index contributed by atoms with van der Waals surface area (Å²) in [6, 6.07) is 10.4. The standard InChI is InChI=1S/C15H16ClN3O/c1-9-3-5-12(8-13(9)16)18-15(20)19-14-6-4-11(17)7-10(14)2/h3-8H,17H2,1-2H3,(H2,18,19,20). The lowest BCUT2D eigenvalue weighted by Crippen LogP contribution is -2.20. The van der Waals surface area contributed by atoms with Crippen molar-refractivity contribution in [3.63, 3.8) is 0 Å². The minimum absolute atomic E-state index is 0.321. The number of nitrogen functional groups attached to an aromatic ring is 1. The summed E-state index contributed by atoms with van der Waals surface area (Å²) in [5.74, 6) is 0. The molecular formula is C15H16ClN3O. The van der Waals surface area contributed by atoms with E-state index in [1.165, 1.54) is 0 Å². The van der Waals surface area contributed by atoms with Crippen LogP contribution in [-0.2, 0) is 0 Å². The summed E-state index contributed by atoms with van der Waals surface area (Å²) < 4.78 is 0. The molecule has 20 heavy (non-hydrogen) atoms. The van der Waals surface area contributed by atoms with E-state index >= 15 is 0 Å². The lowest BCUT2D eigenvalue weighted by atomic mass is 10.2. The number of carbonyl (C=O) groups is 1. The molecule has 2 aromatic rings. The van der Waals surface area contributed by atoms with Gasteiger partial charge in [0.25, 0.3) is 0 Å². The van der Waals surface area contributed by atoms with Crippen molar-refractivity contribution in [3.8, 4) is 0 Å². The van der Waals surface area contributed by atoms with Crippen LogP contribution in [0.2, 0.25) is 5.02 Å². The minimum atomic E-state index is -0.321. The topological polar surface area (TPSA) is 67.2 Å². The van der Waals surface area contributed by atoms with E-state index < -0.39 is 0 Å². The first-order valence-electron chi connectivity index (χ1n) is 6.16. The van der Waals surface area contributed by atoms with Crippen molar-refractivity contribution in [1.82, 2.24) is 0 Å². The molecule has 0 saturated carbocycles. The first-order chi connectivity index (χ1) is 9.45. The number of nitrogens with two attached hydrogens (primary N) is 1. The Morgan fingerprint density at radius 3 is 2.45 bits per heavy atom. The molecule has 0 fully saturated rings. The van der Waals surface area contributed by atoms with E-state index in [-0.39, 0.29) is 6.03 Å². The van der Waals surface area contributed by atoms with Crippen LogP contribution in [0.4, 0.5) is 21.9 Å². The van der Waals surface area contributed by atoms with Crippen molar-refractivity contribution in [2.24, 2.45) is 0 Å². The van der Waals surface area contributed by atoms with Crippen molar-refractivity contribution >= 4 is 34.7 Å². The number of urea groups is 1. The third-order valence-corrected chi connectivity index (χ3v) is 3.34. The van der Waals surface area contributed by atoms with Crippen molar-refractivity contribution in [2.45, 2.75) is 13.8 Å². The Bertz CT molecular complexity index is 656. The lowest BCUT2D eigenvalue weighted by Gasteiger charge is -2.11. The van der Waals surface area contributed by atoms with Crippen LogP contribution in [0.3, 0.4) is 0 Å². The average Bonchev–Trinajstić information content (AvgIpc) is 2.37. The number of amides is 2. The second-order valence-electron chi connectivity index (χ2n) is 4.62. The van der Waals surface area contributed by atoms with Gasteiger partial charge < -0.3 is 16.4 Å². The summed E-state index contributed by atoms with van der Waals surface area (Å²) in [6.07, 6.45) is 0. The fourth-order valence-electron chi connectivity index (χ4n) is 1.78. The first kappa shape index (κ1) is 14.2. The molecule has 2 rings (SSSR count). The van der Waals surface area contributed by atoms with Crippen LogP contribution < -0.4 is 16.4 Å². The van der Waals surface area contributed by atoms with Crippen LogP contribution in [0, 0.1) is 13.8 Å². The second-order valence-corrected chi connectivity index (χ2v) is 5.02. The summed E-state index contributed by atoms with van der Waals surface area (Å²) in [5.41, 5.74) is 9.57. The molecule has 0 atom stereocenters. The molecule has 0 bridgehead atoms. The zero-order chi connectivity index (χ0) is 14.7. The molecule has 5 heteroatoms. The highest BCUT2D eigenvalue weighted by molar-refractivity contribution is 6.31. The van der Waals surface area contributed by atoms with Gasteiger partial charge >= 0.3 is 6.03 Å². The summed E-state index contributed by atoms with van der Waals surface area (Å²) in [6.45, 7) is 3.79. The largest absolute Gasteiger partial charge is 0.399 e. The SMILES string of the molecule is Cc1ccc(NC(=O)Nc2ccc(N)cc2C)cc1Cl. The number of nitrogens with one attached hydrogen (secondary N) is 2. The van der Waals surface area contributed by atoms with Crippen molar-refractivity contribution in [2.75, 3.05) is 16.4 Å². The normalized spacial score (nSPS) is 10.2. The van der Waals surface area contributed by atoms with E-state index in [1.807, 2.05) is 19.9 Å². The summed E-state index contributed by atoms with van der Waals surface area (Å²) in [7, 11) is 0. The third-order valence-electron chi connectivity index (χ3n) is 2.93. The van der Waals surface area contributed by atoms with E-state index in [1.54, 1.807) is 30.3 Å². The van der Waals surface area contributed by atoms with Crippen LogP contribution >= 0.6 is 11.6 Å². The van der Waals surface area contributed by atoms with E-state index in [0.29, 0.717) is 16.4 Å². The van der Waals surface area contributed by atoms with Crippen molar-refractivity contribution < 1.29 is 4.79 Å². The van der Waals surface area contributed by atoms with E-state index in [9.17, 15) is 4.79 Å². The zero-order valence-corrected chi connectivity index (χ0v) is 12.1. The summed E-state index contributed by atoms with van der Waals surface area (Å²) in [5, 5.41) is 6.12. The number of halogens is 1. The molecule has 0 radical (unpaired) electrons. The van der Waals surface area contributed by atoms with Crippen LogP contribution in [0.15, 0.2) is 36.4 Å². The number of rotatable bonds is 2. The highest BCUT2D eigenvalue weighted by Crippen LogP contribution is 2.21. The lowest BCUT2D eigenvalue weighted by molar-refractivity contribution is 0.262. The molecule has 2 amide bonds. The molecule has 4 N–H and O–H groups in total. The van der Waals surface area contributed by atoms with Crippen molar-refractivity contribution in [3.05, 3.63) is 52.5 Å². The molecule has 4 nitrogen and oxygen atoms in total. The monoisotopic (exact) mass is 289 g/mol. The second kappa shape index (κ2) is 5.84. The Labute approximate surface area is 122 Å². The number of carbonyl (C=O) groups excluding carboxylic acids is 1. The average molecular weight is 290 g/mol. The Balaban J connectivity index is 2.07. The maximum Gasteiger partial charge on any atom is 0.323 e. The maximum atomic E-state index is 11.9. The fourth-order valence-corrected chi connectivity index (χ4v) is 1.96. The number of hydrogen-bond donors (Lipinski definition) is 3. The Morgan fingerprint density at radius 1 is 1.05 bits per heavy atom. The molecule has 0 aliphatic rings. The van der Waals surface area contributed by atoms with Gasteiger partial charge in [0, 0.05) is 22.1 Å². The van der Waals surface area contributed by atoms with E-state index in [0.717, 1.165) is 16.8 Å². The van der Waals surface area contributed by atoms with Crippen LogP contribution in [0.25, 0.3) is 0 Å². The first-order valence-corrected chi connectivity index (χ1v) is 6.54. The van der Waals surface area contributed by atoms with Crippen LogP contribution in [0.1, 0.15) is 11.1 Å². The number of benzene rings is 2. The molecule has 0 aromatic heterocycles. The predicted molar refractivity (Wildman–Crippen MR) is 84.4 cm³/mol.